The van der Waals surface area contributed by atoms with Crippen molar-refractivity contribution in [1.29, 1.82) is 0 Å². The third-order valence-corrected chi connectivity index (χ3v) is 4.26. The minimum absolute atomic E-state index is 0.411. The molecule has 0 spiro atoms. The highest BCUT2D eigenvalue weighted by atomic mass is 16.5. The van der Waals surface area contributed by atoms with Crippen molar-refractivity contribution in [3.05, 3.63) is 18.0 Å². The molecule has 0 amide bonds. The van der Waals surface area contributed by atoms with E-state index in [2.05, 4.69) is 14.9 Å². The molecule has 1 aromatic heterocycles. The topological polar surface area (TPSA) is 64.3 Å². The lowest BCUT2D eigenvalue weighted by molar-refractivity contribution is 0.0852. The Morgan fingerprint density at radius 2 is 1.95 bits per heavy atom. The first-order valence-electron chi connectivity index (χ1n) is 7.25. The van der Waals surface area contributed by atoms with Crippen molar-refractivity contribution < 1.29 is 4.74 Å². The third kappa shape index (κ3) is 2.72. The van der Waals surface area contributed by atoms with Gasteiger partial charge < -0.3 is 15.4 Å². The molecule has 104 valence electrons. The number of nitrogens with zero attached hydrogens (tertiary/aromatic N) is 3. The van der Waals surface area contributed by atoms with Gasteiger partial charge in [0.25, 0.3) is 0 Å². The van der Waals surface area contributed by atoms with Crippen molar-refractivity contribution in [3.63, 3.8) is 0 Å². The van der Waals surface area contributed by atoms with Crippen LogP contribution in [-0.4, -0.2) is 42.3 Å². The van der Waals surface area contributed by atoms with Crippen LogP contribution in [0.1, 0.15) is 37.2 Å². The summed E-state index contributed by atoms with van der Waals surface area (Å²) >= 11 is 0. The number of anilines is 1. The molecule has 0 bridgehead atoms. The maximum Gasteiger partial charge on any atom is 0.225 e. The minimum atomic E-state index is 0.411. The van der Waals surface area contributed by atoms with E-state index in [1.165, 1.54) is 12.0 Å². The Labute approximate surface area is 114 Å². The van der Waals surface area contributed by atoms with Gasteiger partial charge in [0.05, 0.1) is 0 Å². The summed E-state index contributed by atoms with van der Waals surface area (Å²) in [4.78, 5) is 11.3. The Balaban J connectivity index is 1.71. The molecular formula is C14H22N4O. The Morgan fingerprint density at radius 3 is 2.63 bits per heavy atom. The summed E-state index contributed by atoms with van der Waals surface area (Å²) in [6.07, 6.45) is 8.48. The average molecular weight is 262 g/mol. The van der Waals surface area contributed by atoms with Gasteiger partial charge in [-0.3, -0.25) is 0 Å². The maximum absolute atomic E-state index is 5.80. The number of aromatic nitrogens is 2. The first-order chi connectivity index (χ1) is 9.38. The van der Waals surface area contributed by atoms with E-state index in [4.69, 9.17) is 10.5 Å². The molecule has 0 saturated carbocycles. The zero-order valence-electron chi connectivity index (χ0n) is 11.3. The van der Waals surface area contributed by atoms with E-state index in [0.717, 1.165) is 45.0 Å². The summed E-state index contributed by atoms with van der Waals surface area (Å²) in [5, 5.41) is 0. The molecule has 5 nitrogen and oxygen atoms in total. The van der Waals surface area contributed by atoms with Crippen molar-refractivity contribution in [1.82, 2.24) is 9.97 Å². The van der Waals surface area contributed by atoms with Crippen LogP contribution in [0, 0.1) is 0 Å². The van der Waals surface area contributed by atoms with Crippen LogP contribution in [-0.2, 0) is 4.74 Å². The number of nitrogens with two attached hydrogens (primary N) is 1. The predicted octanol–water partition coefficient (Wildman–Crippen LogP) is 1.30. The summed E-state index contributed by atoms with van der Waals surface area (Å²) < 4.78 is 5.39. The molecule has 2 fully saturated rings. The molecule has 2 saturated heterocycles. The second-order valence-electron chi connectivity index (χ2n) is 5.43. The molecule has 2 aliphatic heterocycles. The van der Waals surface area contributed by atoms with Crippen LogP contribution >= 0.6 is 0 Å². The lowest BCUT2D eigenvalue weighted by Crippen LogP contribution is -2.36. The summed E-state index contributed by atoms with van der Waals surface area (Å²) in [5.74, 6) is 1.40. The SMILES string of the molecule is NCC1CCCN1c1ncc(C2CCOCC2)cn1. The second kappa shape index (κ2) is 5.84. The molecule has 0 aromatic carbocycles. The van der Waals surface area contributed by atoms with Gasteiger partial charge in [0.2, 0.25) is 5.95 Å². The summed E-state index contributed by atoms with van der Waals surface area (Å²) in [7, 11) is 0. The van der Waals surface area contributed by atoms with E-state index >= 15 is 0 Å². The van der Waals surface area contributed by atoms with Crippen LogP contribution in [0.25, 0.3) is 0 Å². The quantitative estimate of drug-likeness (QED) is 0.889. The van der Waals surface area contributed by atoms with E-state index in [9.17, 15) is 0 Å². The largest absolute Gasteiger partial charge is 0.381 e. The normalized spacial score (nSPS) is 24.9. The van der Waals surface area contributed by atoms with Gasteiger partial charge in [0.15, 0.2) is 0 Å². The van der Waals surface area contributed by atoms with Crippen molar-refractivity contribution in [2.75, 3.05) is 31.2 Å². The summed E-state index contributed by atoms with van der Waals surface area (Å²) in [5.41, 5.74) is 7.04. The average Bonchev–Trinajstić information content (AvgIpc) is 2.97. The molecule has 3 rings (SSSR count). The van der Waals surface area contributed by atoms with Crippen molar-refractivity contribution in [2.45, 2.75) is 37.6 Å². The molecular weight excluding hydrogens is 240 g/mol. The van der Waals surface area contributed by atoms with E-state index in [0.29, 0.717) is 18.5 Å². The zero-order valence-corrected chi connectivity index (χ0v) is 11.3. The third-order valence-electron chi connectivity index (χ3n) is 4.26. The highest BCUT2D eigenvalue weighted by molar-refractivity contribution is 5.34. The summed E-state index contributed by atoms with van der Waals surface area (Å²) in [6, 6.07) is 0.411. The summed E-state index contributed by atoms with van der Waals surface area (Å²) in [6.45, 7) is 3.42. The van der Waals surface area contributed by atoms with Gasteiger partial charge in [-0.15, -0.1) is 0 Å². The van der Waals surface area contributed by atoms with Crippen molar-refractivity contribution in [2.24, 2.45) is 5.73 Å². The van der Waals surface area contributed by atoms with Crippen LogP contribution in [0.4, 0.5) is 5.95 Å². The van der Waals surface area contributed by atoms with Gasteiger partial charge in [-0.25, -0.2) is 9.97 Å². The van der Waals surface area contributed by atoms with E-state index < -0.39 is 0 Å². The van der Waals surface area contributed by atoms with Gasteiger partial charge in [0, 0.05) is 44.7 Å². The van der Waals surface area contributed by atoms with Gasteiger partial charge in [-0.2, -0.15) is 0 Å². The highest BCUT2D eigenvalue weighted by Gasteiger charge is 2.25. The smallest absolute Gasteiger partial charge is 0.225 e. The fourth-order valence-corrected chi connectivity index (χ4v) is 3.07. The molecule has 1 atom stereocenters. The van der Waals surface area contributed by atoms with Gasteiger partial charge >= 0.3 is 0 Å². The Bertz CT molecular complexity index is 402. The highest BCUT2D eigenvalue weighted by Crippen LogP contribution is 2.27. The molecule has 19 heavy (non-hydrogen) atoms. The van der Waals surface area contributed by atoms with E-state index in [1.807, 2.05) is 12.4 Å². The maximum atomic E-state index is 5.80. The molecule has 3 heterocycles. The lowest BCUT2D eigenvalue weighted by atomic mass is 9.94. The molecule has 2 N–H and O–H groups in total. The van der Waals surface area contributed by atoms with Crippen molar-refractivity contribution >= 4 is 5.95 Å². The molecule has 0 radical (unpaired) electrons. The lowest BCUT2D eigenvalue weighted by Gasteiger charge is -2.25. The second-order valence-corrected chi connectivity index (χ2v) is 5.43. The van der Waals surface area contributed by atoms with Gasteiger partial charge in [-0.05, 0) is 37.2 Å². The molecule has 0 aliphatic carbocycles. The number of rotatable bonds is 3. The Morgan fingerprint density at radius 1 is 1.21 bits per heavy atom. The first kappa shape index (κ1) is 12.8. The first-order valence-corrected chi connectivity index (χ1v) is 7.25. The predicted molar refractivity (Wildman–Crippen MR) is 74.2 cm³/mol. The molecule has 5 heteroatoms. The van der Waals surface area contributed by atoms with Gasteiger partial charge in [-0.1, -0.05) is 0 Å². The fraction of sp³-hybridized carbons (Fsp3) is 0.714. The van der Waals surface area contributed by atoms with Gasteiger partial charge in [0.1, 0.15) is 0 Å². The number of ether oxygens (including phenoxy) is 1. The Hall–Kier alpha value is -1.20. The standard InChI is InChI=1S/C14H22N4O/c15-8-13-2-1-5-18(13)14-16-9-12(10-17-14)11-3-6-19-7-4-11/h9-11,13H,1-8,15H2. The molecule has 1 aromatic rings. The monoisotopic (exact) mass is 262 g/mol. The number of hydrogen-bond donors (Lipinski definition) is 1. The minimum Gasteiger partial charge on any atom is -0.381 e. The number of hydrogen-bond acceptors (Lipinski definition) is 5. The van der Waals surface area contributed by atoms with Crippen LogP contribution in [0.3, 0.4) is 0 Å². The zero-order chi connectivity index (χ0) is 13.1. The van der Waals surface area contributed by atoms with E-state index in [-0.39, 0.29) is 0 Å². The van der Waals surface area contributed by atoms with Crippen LogP contribution in [0.2, 0.25) is 0 Å². The van der Waals surface area contributed by atoms with Crippen LogP contribution in [0.15, 0.2) is 12.4 Å². The molecule has 1 unspecified atom stereocenters. The van der Waals surface area contributed by atoms with Crippen LogP contribution in [0.5, 0.6) is 0 Å². The van der Waals surface area contributed by atoms with Crippen molar-refractivity contribution in [3.8, 4) is 0 Å². The van der Waals surface area contributed by atoms with E-state index in [1.54, 1.807) is 0 Å². The Kier molecular flexibility index (Phi) is 3.94. The molecule has 2 aliphatic rings. The fourth-order valence-electron chi connectivity index (χ4n) is 3.07. The van der Waals surface area contributed by atoms with Crippen LogP contribution < -0.4 is 10.6 Å².